The molecule has 0 aromatic heterocycles. The molecule has 1 rings (SSSR count). The highest BCUT2D eigenvalue weighted by Gasteiger charge is 2.28. The van der Waals surface area contributed by atoms with Crippen molar-refractivity contribution in [2.75, 3.05) is 13.1 Å². The summed E-state index contributed by atoms with van der Waals surface area (Å²) in [6.45, 7) is -0.0344. The first kappa shape index (κ1) is 16.6. The van der Waals surface area contributed by atoms with Gasteiger partial charge in [0.25, 0.3) is 0 Å². The predicted molar refractivity (Wildman–Crippen MR) is 68.1 cm³/mol. The Labute approximate surface area is 120 Å². The van der Waals surface area contributed by atoms with E-state index in [0.29, 0.717) is 10.4 Å². The van der Waals surface area contributed by atoms with Crippen molar-refractivity contribution >= 4 is 16.0 Å². The number of carbonyl (C=O) groups is 1. The van der Waals surface area contributed by atoms with E-state index in [1.807, 2.05) is 0 Å². The zero-order valence-corrected chi connectivity index (χ0v) is 11.7. The zero-order chi connectivity index (χ0) is 16.2. The third-order valence-corrected chi connectivity index (χ3v) is 4.57. The lowest BCUT2D eigenvalue weighted by molar-refractivity contribution is 0.0696. The van der Waals surface area contributed by atoms with Crippen LogP contribution >= 0.6 is 0 Å². The fraction of sp³-hybridized carbons (Fsp3) is 0.250. The lowest BCUT2D eigenvalue weighted by atomic mass is 10.1. The number of hydrogen-bond donors (Lipinski definition) is 1. The van der Waals surface area contributed by atoms with Crippen LogP contribution in [-0.2, 0) is 10.0 Å². The number of nitrogens with zero attached hydrogens (tertiary/aromatic N) is 3. The van der Waals surface area contributed by atoms with Crippen LogP contribution in [0.25, 0.3) is 0 Å². The lowest BCUT2D eigenvalue weighted by Gasteiger charge is -2.18. The first-order valence-electron chi connectivity index (χ1n) is 5.53. The summed E-state index contributed by atoms with van der Waals surface area (Å²) in [5.74, 6) is -2.49. The van der Waals surface area contributed by atoms with Gasteiger partial charge >= 0.3 is 5.97 Å². The molecule has 0 aliphatic heterocycles. The first-order valence-corrected chi connectivity index (χ1v) is 6.97. The second kappa shape index (κ2) is 6.31. The molecular weight excluding hydrogens is 301 g/mol. The minimum absolute atomic E-state index is 0.277. The number of sulfonamides is 1. The van der Waals surface area contributed by atoms with Gasteiger partial charge in [-0.15, -0.1) is 0 Å². The molecule has 0 atom stereocenters. The van der Waals surface area contributed by atoms with Gasteiger partial charge in [-0.2, -0.15) is 14.8 Å². The summed E-state index contributed by atoms with van der Waals surface area (Å²) in [4.78, 5) is 10.3. The molecule has 7 nitrogen and oxygen atoms in total. The van der Waals surface area contributed by atoms with E-state index in [4.69, 9.17) is 15.6 Å². The maximum Gasteiger partial charge on any atom is 0.335 e. The first-order chi connectivity index (χ1) is 9.75. The number of rotatable bonds is 5. The van der Waals surface area contributed by atoms with Crippen LogP contribution in [-0.4, -0.2) is 36.9 Å². The Hall–Kier alpha value is -2.49. The van der Waals surface area contributed by atoms with Gasteiger partial charge in [0.05, 0.1) is 22.6 Å². The molecule has 0 saturated carbocycles. The third kappa shape index (κ3) is 3.34. The van der Waals surface area contributed by atoms with Gasteiger partial charge in [0.1, 0.15) is 18.9 Å². The highest BCUT2D eigenvalue weighted by molar-refractivity contribution is 7.89. The number of halogens is 1. The number of carboxylic acids is 1. The van der Waals surface area contributed by atoms with Crippen molar-refractivity contribution in [1.29, 1.82) is 10.5 Å². The van der Waals surface area contributed by atoms with Crippen LogP contribution in [0.1, 0.15) is 15.9 Å². The van der Waals surface area contributed by atoms with E-state index in [2.05, 4.69) is 0 Å². The van der Waals surface area contributed by atoms with Gasteiger partial charge < -0.3 is 5.11 Å². The molecule has 1 N–H and O–H groups in total. The molecule has 0 amide bonds. The maximum absolute atomic E-state index is 13.7. The van der Waals surface area contributed by atoms with Crippen LogP contribution in [0.2, 0.25) is 0 Å². The Morgan fingerprint density at radius 3 is 2.29 bits per heavy atom. The molecule has 0 unspecified atom stereocenters. The Kier molecular flexibility index (Phi) is 4.97. The van der Waals surface area contributed by atoms with Crippen molar-refractivity contribution < 1.29 is 22.7 Å². The summed E-state index contributed by atoms with van der Waals surface area (Å²) in [6, 6.07) is 4.68. The number of aromatic carboxylic acids is 1. The number of hydrogen-bond acceptors (Lipinski definition) is 5. The number of nitriles is 2. The fourth-order valence-electron chi connectivity index (χ4n) is 1.57. The standard InChI is InChI=1S/C12H10FN3O4S/c1-8-10(13)6-9(12(17)18)7-11(8)21(19,20)16(4-2-14)5-3-15/h6-7H,4-5H2,1H3,(H,17,18). The minimum atomic E-state index is -4.35. The highest BCUT2D eigenvalue weighted by atomic mass is 32.2. The van der Waals surface area contributed by atoms with Crippen molar-refractivity contribution in [3.8, 4) is 12.1 Å². The van der Waals surface area contributed by atoms with Crippen molar-refractivity contribution in [2.24, 2.45) is 0 Å². The average molecular weight is 311 g/mol. The van der Waals surface area contributed by atoms with Gasteiger partial charge in [-0.25, -0.2) is 17.6 Å². The van der Waals surface area contributed by atoms with Crippen LogP contribution in [0.4, 0.5) is 4.39 Å². The molecule has 0 aliphatic rings. The molecular formula is C12H10FN3O4S. The second-order valence-electron chi connectivity index (χ2n) is 3.98. The SMILES string of the molecule is Cc1c(F)cc(C(=O)O)cc1S(=O)(=O)N(CC#N)CC#N. The molecule has 0 spiro atoms. The normalized spacial score (nSPS) is 10.9. The van der Waals surface area contributed by atoms with Gasteiger partial charge in [-0.05, 0) is 19.1 Å². The molecule has 0 saturated heterocycles. The quantitative estimate of drug-likeness (QED) is 0.805. The van der Waals surface area contributed by atoms with Crippen molar-refractivity contribution in [1.82, 2.24) is 4.31 Å². The van der Waals surface area contributed by atoms with Crippen LogP contribution in [0.15, 0.2) is 17.0 Å². The summed E-state index contributed by atoms with van der Waals surface area (Å²) < 4.78 is 38.9. The van der Waals surface area contributed by atoms with Crippen molar-refractivity contribution in [3.05, 3.63) is 29.1 Å². The third-order valence-electron chi connectivity index (χ3n) is 2.66. The lowest BCUT2D eigenvalue weighted by Crippen LogP contribution is -2.32. The Morgan fingerprint density at radius 1 is 1.33 bits per heavy atom. The molecule has 0 bridgehead atoms. The molecule has 1 aromatic carbocycles. The van der Waals surface area contributed by atoms with Crippen LogP contribution < -0.4 is 0 Å². The zero-order valence-electron chi connectivity index (χ0n) is 10.9. The largest absolute Gasteiger partial charge is 0.478 e. The van der Waals surface area contributed by atoms with Gasteiger partial charge in [-0.3, -0.25) is 0 Å². The van der Waals surface area contributed by atoms with E-state index in [0.717, 1.165) is 6.07 Å². The molecule has 0 heterocycles. The topological polar surface area (TPSA) is 122 Å². The molecule has 1 aromatic rings. The average Bonchev–Trinajstić information content (AvgIpc) is 2.40. The van der Waals surface area contributed by atoms with E-state index >= 15 is 0 Å². The summed E-state index contributed by atoms with van der Waals surface area (Å²) in [6.07, 6.45) is 0. The predicted octanol–water partition coefficient (Wildman–Crippen LogP) is 0.870. The summed E-state index contributed by atoms with van der Waals surface area (Å²) in [7, 11) is -4.35. The Balaban J connectivity index is 3.54. The summed E-state index contributed by atoms with van der Waals surface area (Å²) >= 11 is 0. The summed E-state index contributed by atoms with van der Waals surface area (Å²) in [5.41, 5.74) is -0.814. The monoisotopic (exact) mass is 311 g/mol. The fourth-order valence-corrected chi connectivity index (χ4v) is 3.06. The van der Waals surface area contributed by atoms with Gasteiger partial charge in [-0.1, -0.05) is 0 Å². The Morgan fingerprint density at radius 2 is 1.86 bits per heavy atom. The van der Waals surface area contributed by atoms with Crippen LogP contribution in [0.5, 0.6) is 0 Å². The highest BCUT2D eigenvalue weighted by Crippen LogP contribution is 2.24. The van der Waals surface area contributed by atoms with E-state index < -0.39 is 45.4 Å². The van der Waals surface area contributed by atoms with E-state index in [1.165, 1.54) is 6.92 Å². The van der Waals surface area contributed by atoms with E-state index in [-0.39, 0.29) is 5.56 Å². The van der Waals surface area contributed by atoms with Crippen molar-refractivity contribution in [3.63, 3.8) is 0 Å². The Bertz CT molecular complexity index is 746. The minimum Gasteiger partial charge on any atom is -0.478 e. The second-order valence-corrected chi connectivity index (χ2v) is 5.88. The summed E-state index contributed by atoms with van der Waals surface area (Å²) in [5, 5.41) is 26.1. The van der Waals surface area contributed by atoms with Gasteiger partial charge in [0.15, 0.2) is 0 Å². The van der Waals surface area contributed by atoms with Gasteiger partial charge in [0.2, 0.25) is 10.0 Å². The van der Waals surface area contributed by atoms with Crippen LogP contribution in [0.3, 0.4) is 0 Å². The van der Waals surface area contributed by atoms with Crippen molar-refractivity contribution in [2.45, 2.75) is 11.8 Å². The molecule has 0 radical (unpaired) electrons. The number of benzene rings is 1. The molecule has 9 heteroatoms. The number of carboxylic acid groups (broad SMARTS) is 1. The van der Waals surface area contributed by atoms with Gasteiger partial charge in [0, 0.05) is 5.56 Å². The molecule has 0 fully saturated rings. The molecule has 110 valence electrons. The van der Waals surface area contributed by atoms with Crippen LogP contribution in [0, 0.1) is 35.4 Å². The van der Waals surface area contributed by atoms with E-state index in [9.17, 15) is 17.6 Å². The smallest absolute Gasteiger partial charge is 0.335 e. The maximum atomic E-state index is 13.7. The molecule has 21 heavy (non-hydrogen) atoms. The van der Waals surface area contributed by atoms with E-state index in [1.54, 1.807) is 12.1 Å². The molecule has 0 aliphatic carbocycles.